The third-order valence-electron chi connectivity index (χ3n) is 2.68. The van der Waals surface area contributed by atoms with Crippen molar-refractivity contribution in [2.75, 3.05) is 6.61 Å². The molecule has 0 amide bonds. The first-order chi connectivity index (χ1) is 8.32. The number of hydrogen-bond acceptors (Lipinski definition) is 6. The summed E-state index contributed by atoms with van der Waals surface area (Å²) in [6, 6.07) is 0. The molecule has 0 spiro atoms. The van der Waals surface area contributed by atoms with Crippen LogP contribution >= 0.6 is 0 Å². The molecule has 0 aromatic carbocycles. The highest BCUT2D eigenvalue weighted by atomic mass is 16.6. The molecule has 3 unspecified atom stereocenters. The van der Waals surface area contributed by atoms with Gasteiger partial charge >= 0.3 is 17.9 Å². The molecule has 0 aromatic heterocycles. The van der Waals surface area contributed by atoms with Gasteiger partial charge in [-0.1, -0.05) is 13.5 Å². The molecule has 18 heavy (non-hydrogen) atoms. The van der Waals surface area contributed by atoms with E-state index in [0.29, 0.717) is 0 Å². The van der Waals surface area contributed by atoms with Crippen LogP contribution in [0.25, 0.3) is 0 Å². The summed E-state index contributed by atoms with van der Waals surface area (Å²) < 4.78 is 14.4. The molecule has 3 atom stereocenters. The Balaban J connectivity index is 2.43. The third-order valence-corrected chi connectivity index (χ3v) is 2.68. The SMILES string of the molecule is C=C(C)C(=O)OCC(=O)OC1C(=O)OC(C)C1C. The normalized spacial score (nSPS) is 26.4. The summed E-state index contributed by atoms with van der Waals surface area (Å²) in [5.41, 5.74) is 0.185. The number of hydrogen-bond donors (Lipinski definition) is 0. The van der Waals surface area contributed by atoms with E-state index in [9.17, 15) is 14.4 Å². The second kappa shape index (κ2) is 5.66. The van der Waals surface area contributed by atoms with Crippen LogP contribution in [0.1, 0.15) is 20.8 Å². The van der Waals surface area contributed by atoms with Crippen molar-refractivity contribution >= 4 is 17.9 Å². The molecule has 0 N–H and O–H groups in total. The summed E-state index contributed by atoms with van der Waals surface area (Å²) in [5, 5.41) is 0. The van der Waals surface area contributed by atoms with Crippen LogP contribution in [0.15, 0.2) is 12.2 Å². The van der Waals surface area contributed by atoms with Crippen molar-refractivity contribution in [3.05, 3.63) is 12.2 Å². The minimum absolute atomic E-state index is 0.185. The summed E-state index contributed by atoms with van der Waals surface area (Å²) >= 11 is 0. The average Bonchev–Trinajstić information content (AvgIpc) is 2.52. The van der Waals surface area contributed by atoms with E-state index in [-0.39, 0.29) is 17.6 Å². The van der Waals surface area contributed by atoms with E-state index in [4.69, 9.17) is 9.47 Å². The average molecular weight is 256 g/mol. The first kappa shape index (κ1) is 14.2. The summed E-state index contributed by atoms with van der Waals surface area (Å²) in [6.45, 7) is 7.75. The van der Waals surface area contributed by atoms with Gasteiger partial charge in [-0.2, -0.15) is 0 Å². The first-order valence-corrected chi connectivity index (χ1v) is 5.55. The largest absolute Gasteiger partial charge is 0.459 e. The maximum atomic E-state index is 11.4. The quantitative estimate of drug-likeness (QED) is 0.416. The highest BCUT2D eigenvalue weighted by Crippen LogP contribution is 2.24. The Bertz CT molecular complexity index is 386. The smallest absolute Gasteiger partial charge is 0.348 e. The molecule has 6 nitrogen and oxygen atoms in total. The number of carbonyl (C=O) groups is 3. The second-order valence-electron chi connectivity index (χ2n) is 4.27. The summed E-state index contributed by atoms with van der Waals surface area (Å²) in [7, 11) is 0. The highest BCUT2D eigenvalue weighted by Gasteiger charge is 2.42. The number of esters is 3. The highest BCUT2D eigenvalue weighted by molar-refractivity contribution is 5.89. The molecule has 1 aliphatic heterocycles. The van der Waals surface area contributed by atoms with Gasteiger partial charge in [0.15, 0.2) is 6.61 Å². The maximum absolute atomic E-state index is 11.4. The molecule has 0 radical (unpaired) electrons. The van der Waals surface area contributed by atoms with E-state index in [2.05, 4.69) is 11.3 Å². The van der Waals surface area contributed by atoms with Crippen LogP contribution in [0.2, 0.25) is 0 Å². The van der Waals surface area contributed by atoms with Crippen molar-refractivity contribution in [3.8, 4) is 0 Å². The molecule has 1 rings (SSSR count). The summed E-state index contributed by atoms with van der Waals surface area (Å²) in [5.74, 6) is -2.26. The molecule has 0 saturated carbocycles. The van der Waals surface area contributed by atoms with Gasteiger partial charge in [-0.25, -0.2) is 14.4 Å². The lowest BCUT2D eigenvalue weighted by atomic mass is 10.0. The Morgan fingerprint density at radius 2 is 2.00 bits per heavy atom. The van der Waals surface area contributed by atoms with E-state index in [1.54, 1.807) is 13.8 Å². The van der Waals surface area contributed by atoms with Gasteiger partial charge in [-0.05, 0) is 13.8 Å². The lowest BCUT2D eigenvalue weighted by Crippen LogP contribution is -2.30. The fraction of sp³-hybridized carbons (Fsp3) is 0.583. The van der Waals surface area contributed by atoms with Gasteiger partial charge in [0.2, 0.25) is 6.10 Å². The van der Waals surface area contributed by atoms with Gasteiger partial charge in [-0.15, -0.1) is 0 Å². The van der Waals surface area contributed by atoms with Crippen LogP contribution in [-0.2, 0) is 28.6 Å². The summed E-state index contributed by atoms with van der Waals surface area (Å²) in [4.78, 5) is 33.8. The van der Waals surface area contributed by atoms with E-state index in [1.807, 2.05) is 0 Å². The van der Waals surface area contributed by atoms with E-state index >= 15 is 0 Å². The lowest BCUT2D eigenvalue weighted by molar-refractivity contribution is -0.167. The molecule has 6 heteroatoms. The molecule has 1 heterocycles. The Hall–Kier alpha value is -1.85. The molecule has 1 aliphatic rings. The Morgan fingerprint density at radius 3 is 2.44 bits per heavy atom. The molecule has 100 valence electrons. The predicted molar refractivity (Wildman–Crippen MR) is 60.4 cm³/mol. The van der Waals surface area contributed by atoms with Gasteiger partial charge in [-0.3, -0.25) is 0 Å². The van der Waals surface area contributed by atoms with Crippen LogP contribution < -0.4 is 0 Å². The summed E-state index contributed by atoms with van der Waals surface area (Å²) in [6.07, 6.45) is -1.23. The van der Waals surface area contributed by atoms with Crippen molar-refractivity contribution in [1.82, 2.24) is 0 Å². The van der Waals surface area contributed by atoms with E-state index in [1.165, 1.54) is 6.92 Å². The van der Waals surface area contributed by atoms with Crippen molar-refractivity contribution < 1.29 is 28.6 Å². The predicted octanol–water partition coefficient (Wildman–Crippen LogP) is 0.599. The van der Waals surface area contributed by atoms with Crippen molar-refractivity contribution in [3.63, 3.8) is 0 Å². The molecule has 1 fully saturated rings. The number of carbonyl (C=O) groups excluding carboxylic acids is 3. The van der Waals surface area contributed by atoms with Gasteiger partial charge in [0.25, 0.3) is 0 Å². The Labute approximate surface area is 105 Å². The zero-order valence-electron chi connectivity index (χ0n) is 10.6. The molecular formula is C12H16O6. The first-order valence-electron chi connectivity index (χ1n) is 5.55. The molecular weight excluding hydrogens is 240 g/mol. The van der Waals surface area contributed by atoms with E-state index < -0.39 is 30.6 Å². The maximum Gasteiger partial charge on any atom is 0.348 e. The minimum Gasteiger partial charge on any atom is -0.459 e. The lowest BCUT2D eigenvalue weighted by Gasteiger charge is -2.13. The topological polar surface area (TPSA) is 78.9 Å². The molecule has 0 bridgehead atoms. The van der Waals surface area contributed by atoms with Crippen molar-refractivity contribution in [2.45, 2.75) is 33.0 Å². The van der Waals surface area contributed by atoms with Gasteiger partial charge < -0.3 is 14.2 Å². The van der Waals surface area contributed by atoms with Crippen molar-refractivity contribution in [2.24, 2.45) is 5.92 Å². The fourth-order valence-electron chi connectivity index (χ4n) is 1.40. The number of ether oxygens (including phenoxy) is 3. The van der Waals surface area contributed by atoms with Crippen LogP contribution in [0, 0.1) is 5.92 Å². The zero-order chi connectivity index (χ0) is 13.9. The molecule has 1 saturated heterocycles. The standard InChI is InChI=1S/C12H16O6/c1-6(2)11(14)16-5-9(13)18-10-7(3)8(4)17-12(10)15/h7-8,10H,1,5H2,2-4H3. The second-order valence-corrected chi connectivity index (χ2v) is 4.27. The van der Waals surface area contributed by atoms with Crippen LogP contribution in [0.3, 0.4) is 0 Å². The van der Waals surface area contributed by atoms with Crippen molar-refractivity contribution in [1.29, 1.82) is 0 Å². The van der Waals surface area contributed by atoms with E-state index in [0.717, 1.165) is 0 Å². The number of rotatable bonds is 4. The van der Waals surface area contributed by atoms with Crippen LogP contribution in [-0.4, -0.2) is 36.7 Å². The van der Waals surface area contributed by atoms with Gasteiger partial charge in [0, 0.05) is 11.5 Å². The Morgan fingerprint density at radius 1 is 1.39 bits per heavy atom. The van der Waals surface area contributed by atoms with Crippen LogP contribution in [0.4, 0.5) is 0 Å². The van der Waals surface area contributed by atoms with Gasteiger partial charge in [0.1, 0.15) is 6.10 Å². The Kier molecular flexibility index (Phi) is 4.47. The molecule has 0 aromatic rings. The van der Waals surface area contributed by atoms with Crippen LogP contribution in [0.5, 0.6) is 0 Å². The van der Waals surface area contributed by atoms with Gasteiger partial charge in [0.05, 0.1) is 0 Å². The zero-order valence-corrected chi connectivity index (χ0v) is 10.6. The number of cyclic esters (lactones) is 1. The molecule has 0 aliphatic carbocycles. The fourth-order valence-corrected chi connectivity index (χ4v) is 1.40. The third kappa shape index (κ3) is 3.32. The minimum atomic E-state index is -0.934. The monoisotopic (exact) mass is 256 g/mol.